The van der Waals surface area contributed by atoms with Crippen molar-refractivity contribution in [2.75, 3.05) is 13.1 Å². The average molecular weight is 239 g/mol. The number of rotatable bonds is 4. The van der Waals surface area contributed by atoms with E-state index in [1.165, 1.54) is 4.88 Å². The maximum Gasteiger partial charge on any atom is 0.237 e. The van der Waals surface area contributed by atoms with E-state index in [0.717, 1.165) is 38.0 Å². The molecule has 4 nitrogen and oxygen atoms in total. The molecule has 1 amide bonds. The Morgan fingerprint density at radius 3 is 3.25 bits per heavy atom. The number of hydrogen-bond acceptors (Lipinski definition) is 4. The van der Waals surface area contributed by atoms with Gasteiger partial charge in [0.15, 0.2) is 0 Å². The topological polar surface area (TPSA) is 54.0 Å². The largest absolute Gasteiger partial charge is 0.355 e. The third kappa shape index (κ3) is 2.80. The van der Waals surface area contributed by atoms with Gasteiger partial charge < -0.3 is 10.6 Å². The van der Waals surface area contributed by atoms with Gasteiger partial charge in [0.2, 0.25) is 5.91 Å². The van der Waals surface area contributed by atoms with Crippen LogP contribution in [0.15, 0.2) is 5.51 Å². The molecule has 2 heterocycles. The smallest absolute Gasteiger partial charge is 0.237 e. The molecule has 1 fully saturated rings. The van der Waals surface area contributed by atoms with Gasteiger partial charge in [-0.1, -0.05) is 0 Å². The minimum Gasteiger partial charge on any atom is -0.355 e. The summed E-state index contributed by atoms with van der Waals surface area (Å²) in [5, 5.41) is 6.18. The molecule has 1 saturated heterocycles. The third-order valence-corrected chi connectivity index (χ3v) is 3.87. The molecule has 2 rings (SSSR count). The average Bonchev–Trinajstić information content (AvgIpc) is 2.67. The number of nitrogens with zero attached hydrogens (tertiary/aromatic N) is 1. The Kier molecular flexibility index (Phi) is 3.90. The van der Waals surface area contributed by atoms with Gasteiger partial charge in [-0.2, -0.15) is 0 Å². The maximum atomic E-state index is 11.5. The van der Waals surface area contributed by atoms with Crippen molar-refractivity contribution in [1.29, 1.82) is 0 Å². The van der Waals surface area contributed by atoms with E-state index in [4.69, 9.17) is 0 Å². The van der Waals surface area contributed by atoms with Gasteiger partial charge in [0.1, 0.15) is 0 Å². The van der Waals surface area contributed by atoms with Crippen molar-refractivity contribution in [3.8, 4) is 0 Å². The summed E-state index contributed by atoms with van der Waals surface area (Å²) in [5.74, 6) is 0.146. The lowest BCUT2D eigenvalue weighted by molar-refractivity contribution is -0.124. The molecule has 0 bridgehead atoms. The highest BCUT2D eigenvalue weighted by Crippen LogP contribution is 2.12. The number of aryl methyl sites for hydroxylation is 1. The summed E-state index contributed by atoms with van der Waals surface area (Å²) in [6, 6.07) is 0.00183. The standard InChI is InChI=1S/C11H17N3OS/c1-8-10(16-7-14-8)4-6-12-9-3-2-5-13-11(9)15/h7,9,12H,2-6H2,1H3,(H,13,15). The van der Waals surface area contributed by atoms with Crippen molar-refractivity contribution in [1.82, 2.24) is 15.6 Å². The van der Waals surface area contributed by atoms with Gasteiger partial charge in [-0.15, -0.1) is 11.3 Å². The fourth-order valence-electron chi connectivity index (χ4n) is 1.89. The second-order valence-corrected chi connectivity index (χ2v) is 4.99. The van der Waals surface area contributed by atoms with E-state index in [-0.39, 0.29) is 11.9 Å². The molecule has 88 valence electrons. The monoisotopic (exact) mass is 239 g/mol. The molecular formula is C11H17N3OS. The van der Waals surface area contributed by atoms with Crippen LogP contribution >= 0.6 is 11.3 Å². The molecule has 1 unspecified atom stereocenters. The fraction of sp³-hybridized carbons (Fsp3) is 0.636. The molecule has 0 aliphatic carbocycles. The van der Waals surface area contributed by atoms with E-state index in [1.807, 2.05) is 12.4 Å². The first-order chi connectivity index (χ1) is 7.77. The molecule has 1 aliphatic rings. The summed E-state index contributed by atoms with van der Waals surface area (Å²) in [5.41, 5.74) is 2.98. The number of nitrogens with one attached hydrogen (secondary N) is 2. The third-order valence-electron chi connectivity index (χ3n) is 2.87. The van der Waals surface area contributed by atoms with E-state index >= 15 is 0 Å². The zero-order chi connectivity index (χ0) is 11.4. The van der Waals surface area contributed by atoms with Crippen LogP contribution in [0.1, 0.15) is 23.4 Å². The second kappa shape index (κ2) is 5.41. The highest BCUT2D eigenvalue weighted by Gasteiger charge is 2.20. The molecule has 1 aromatic heterocycles. The fourth-order valence-corrected chi connectivity index (χ4v) is 2.67. The van der Waals surface area contributed by atoms with Crippen LogP contribution in [0.2, 0.25) is 0 Å². The SMILES string of the molecule is Cc1ncsc1CCNC1CCCNC1=O. The van der Waals surface area contributed by atoms with Crippen LogP contribution in [0.5, 0.6) is 0 Å². The van der Waals surface area contributed by atoms with Gasteiger partial charge in [0.25, 0.3) is 0 Å². The number of aromatic nitrogens is 1. The number of carbonyl (C=O) groups is 1. The molecule has 0 spiro atoms. The predicted octanol–water partition coefficient (Wildman–Crippen LogP) is 0.862. The Morgan fingerprint density at radius 2 is 2.56 bits per heavy atom. The first-order valence-corrected chi connectivity index (χ1v) is 6.55. The molecule has 5 heteroatoms. The van der Waals surface area contributed by atoms with E-state index < -0.39 is 0 Å². The van der Waals surface area contributed by atoms with Crippen LogP contribution in [0.3, 0.4) is 0 Å². The van der Waals surface area contributed by atoms with E-state index in [9.17, 15) is 4.79 Å². The minimum absolute atomic E-state index is 0.00183. The summed E-state index contributed by atoms with van der Waals surface area (Å²) in [4.78, 5) is 17.0. The Morgan fingerprint density at radius 1 is 1.69 bits per heavy atom. The molecule has 0 aromatic carbocycles. The number of carbonyl (C=O) groups excluding carboxylic acids is 1. The van der Waals surface area contributed by atoms with Gasteiger partial charge in [0, 0.05) is 18.0 Å². The first kappa shape index (κ1) is 11.5. The molecular weight excluding hydrogens is 222 g/mol. The Hall–Kier alpha value is -0.940. The van der Waals surface area contributed by atoms with Crippen molar-refractivity contribution in [2.45, 2.75) is 32.2 Å². The van der Waals surface area contributed by atoms with E-state index in [1.54, 1.807) is 11.3 Å². The van der Waals surface area contributed by atoms with E-state index in [0.29, 0.717) is 0 Å². The summed E-state index contributed by atoms with van der Waals surface area (Å²) < 4.78 is 0. The lowest BCUT2D eigenvalue weighted by Crippen LogP contribution is -2.48. The number of amides is 1. The highest BCUT2D eigenvalue weighted by molar-refractivity contribution is 7.09. The quantitative estimate of drug-likeness (QED) is 0.819. The second-order valence-electron chi connectivity index (χ2n) is 4.05. The Balaban J connectivity index is 1.75. The van der Waals surface area contributed by atoms with Crippen molar-refractivity contribution < 1.29 is 4.79 Å². The first-order valence-electron chi connectivity index (χ1n) is 5.67. The van der Waals surface area contributed by atoms with Crippen molar-refractivity contribution in [3.05, 3.63) is 16.1 Å². The van der Waals surface area contributed by atoms with Crippen molar-refractivity contribution in [2.24, 2.45) is 0 Å². The molecule has 0 saturated carbocycles. The Labute approximate surface area is 99.5 Å². The van der Waals surface area contributed by atoms with Crippen LogP contribution in [0.4, 0.5) is 0 Å². The molecule has 1 aliphatic heterocycles. The molecule has 16 heavy (non-hydrogen) atoms. The van der Waals surface area contributed by atoms with Gasteiger partial charge in [-0.05, 0) is 26.2 Å². The number of piperidine rings is 1. The van der Waals surface area contributed by atoms with Gasteiger partial charge in [-0.25, -0.2) is 4.98 Å². The maximum absolute atomic E-state index is 11.5. The summed E-state index contributed by atoms with van der Waals surface area (Å²) >= 11 is 1.69. The highest BCUT2D eigenvalue weighted by atomic mass is 32.1. The molecule has 0 radical (unpaired) electrons. The zero-order valence-corrected chi connectivity index (χ0v) is 10.3. The van der Waals surface area contributed by atoms with Gasteiger partial charge in [-0.3, -0.25) is 4.79 Å². The van der Waals surface area contributed by atoms with Gasteiger partial charge >= 0.3 is 0 Å². The lowest BCUT2D eigenvalue weighted by Gasteiger charge is -2.22. The van der Waals surface area contributed by atoms with Crippen LogP contribution in [-0.4, -0.2) is 30.0 Å². The van der Waals surface area contributed by atoms with Crippen LogP contribution in [0, 0.1) is 6.92 Å². The van der Waals surface area contributed by atoms with Crippen LogP contribution in [-0.2, 0) is 11.2 Å². The van der Waals surface area contributed by atoms with Crippen molar-refractivity contribution in [3.63, 3.8) is 0 Å². The number of thiazole rings is 1. The molecule has 2 N–H and O–H groups in total. The molecule has 1 atom stereocenters. The minimum atomic E-state index is 0.00183. The van der Waals surface area contributed by atoms with Gasteiger partial charge in [0.05, 0.1) is 17.2 Å². The summed E-state index contributed by atoms with van der Waals surface area (Å²) in [7, 11) is 0. The summed E-state index contributed by atoms with van der Waals surface area (Å²) in [6.07, 6.45) is 2.98. The predicted molar refractivity (Wildman–Crippen MR) is 64.6 cm³/mol. The normalized spacial score (nSPS) is 20.8. The van der Waals surface area contributed by atoms with Crippen LogP contribution < -0.4 is 10.6 Å². The lowest BCUT2D eigenvalue weighted by atomic mass is 10.1. The number of hydrogen-bond donors (Lipinski definition) is 2. The Bertz CT molecular complexity index is 364. The van der Waals surface area contributed by atoms with Crippen LogP contribution in [0.25, 0.3) is 0 Å². The zero-order valence-electron chi connectivity index (χ0n) is 9.45. The molecule has 1 aromatic rings. The summed E-state index contributed by atoms with van der Waals surface area (Å²) in [6.45, 7) is 3.70. The van der Waals surface area contributed by atoms with Crippen molar-refractivity contribution >= 4 is 17.2 Å². The van der Waals surface area contributed by atoms with E-state index in [2.05, 4.69) is 15.6 Å².